The minimum Gasteiger partial charge on any atom is -0.493 e. The molecule has 0 bridgehead atoms. The molecule has 3 rings (SSSR count). The van der Waals surface area contributed by atoms with Crippen molar-refractivity contribution in [3.63, 3.8) is 0 Å². The van der Waals surface area contributed by atoms with Crippen LogP contribution in [0.3, 0.4) is 0 Å². The molecule has 8 heteroatoms. The Bertz CT molecular complexity index is 836. The zero-order chi connectivity index (χ0) is 20.5. The Kier molecular flexibility index (Phi) is 8.26. The minimum atomic E-state index is -0.146. The van der Waals surface area contributed by atoms with E-state index in [4.69, 9.17) is 14.2 Å². The molecule has 0 saturated carbocycles. The number of methoxy groups -OCH3 is 1. The van der Waals surface area contributed by atoms with Gasteiger partial charge in [-0.25, -0.2) is 5.43 Å². The Balaban J connectivity index is 1.52. The third-order valence-electron chi connectivity index (χ3n) is 4.37. The fraction of sp³-hybridized carbons (Fsp3) is 0.333. The van der Waals surface area contributed by atoms with E-state index >= 15 is 0 Å². The number of carbonyl (C=O) groups is 1. The molecule has 29 heavy (non-hydrogen) atoms. The van der Waals surface area contributed by atoms with Crippen molar-refractivity contribution in [1.29, 1.82) is 0 Å². The van der Waals surface area contributed by atoms with Crippen molar-refractivity contribution in [3.8, 4) is 11.5 Å². The number of hydrogen-bond acceptors (Lipinski definition) is 6. The molecular weight excluding hydrogens is 485 g/mol. The van der Waals surface area contributed by atoms with Crippen LogP contribution >= 0.6 is 22.6 Å². The first-order chi connectivity index (χ1) is 14.1. The summed E-state index contributed by atoms with van der Waals surface area (Å²) in [6, 6.07) is 13.7. The molecule has 1 amide bonds. The van der Waals surface area contributed by atoms with E-state index < -0.39 is 0 Å². The molecule has 0 spiro atoms. The zero-order valence-corrected chi connectivity index (χ0v) is 18.4. The van der Waals surface area contributed by atoms with Gasteiger partial charge < -0.3 is 14.2 Å². The molecule has 2 aromatic carbocycles. The average Bonchev–Trinajstić information content (AvgIpc) is 2.74. The van der Waals surface area contributed by atoms with Crippen LogP contribution in [-0.4, -0.2) is 57.0 Å². The highest BCUT2D eigenvalue weighted by Crippen LogP contribution is 2.28. The van der Waals surface area contributed by atoms with E-state index in [1.165, 1.54) is 3.57 Å². The maximum Gasteiger partial charge on any atom is 0.254 e. The predicted octanol–water partition coefficient (Wildman–Crippen LogP) is 2.66. The van der Waals surface area contributed by atoms with E-state index in [0.29, 0.717) is 37.9 Å². The topological polar surface area (TPSA) is 72.4 Å². The highest BCUT2D eigenvalue weighted by Gasteiger charge is 2.13. The number of nitrogens with one attached hydrogen (secondary N) is 1. The third-order valence-corrected chi connectivity index (χ3v) is 5.09. The average molecular weight is 509 g/mol. The van der Waals surface area contributed by atoms with Crippen molar-refractivity contribution in [2.75, 3.05) is 40.0 Å². The molecule has 0 aliphatic carbocycles. The van der Waals surface area contributed by atoms with Crippen LogP contribution in [0.4, 0.5) is 0 Å². The van der Waals surface area contributed by atoms with Gasteiger partial charge in [0.1, 0.15) is 6.61 Å². The van der Waals surface area contributed by atoms with E-state index in [1.54, 1.807) is 13.3 Å². The molecule has 1 N–H and O–H groups in total. The van der Waals surface area contributed by atoms with Gasteiger partial charge in [0.15, 0.2) is 11.5 Å². The molecule has 1 fully saturated rings. The molecule has 1 aliphatic heterocycles. The van der Waals surface area contributed by atoms with Gasteiger partial charge in [0, 0.05) is 16.7 Å². The van der Waals surface area contributed by atoms with Gasteiger partial charge in [-0.05, 0) is 64.0 Å². The summed E-state index contributed by atoms with van der Waals surface area (Å²) in [6.07, 6.45) is 1.59. The van der Waals surface area contributed by atoms with Crippen molar-refractivity contribution in [1.82, 2.24) is 10.3 Å². The SMILES string of the molecule is COc1cc(/C=N\NC(=O)CN2CCOCC2)ccc1OCc1ccc(I)cc1. The Morgan fingerprint density at radius 2 is 1.97 bits per heavy atom. The van der Waals surface area contributed by atoms with Gasteiger partial charge in [-0.1, -0.05) is 12.1 Å². The second-order valence-corrected chi connectivity index (χ2v) is 7.75. The lowest BCUT2D eigenvalue weighted by molar-refractivity contribution is -0.123. The van der Waals surface area contributed by atoms with Crippen LogP contribution in [0.5, 0.6) is 11.5 Å². The molecule has 1 heterocycles. The molecule has 0 atom stereocenters. The maximum absolute atomic E-state index is 12.0. The molecule has 2 aromatic rings. The van der Waals surface area contributed by atoms with Crippen molar-refractivity contribution in [2.45, 2.75) is 6.61 Å². The molecule has 154 valence electrons. The van der Waals surface area contributed by atoms with Crippen LogP contribution in [0.2, 0.25) is 0 Å². The van der Waals surface area contributed by atoms with Crippen LogP contribution in [0.25, 0.3) is 0 Å². The van der Waals surface area contributed by atoms with Crippen LogP contribution in [0.1, 0.15) is 11.1 Å². The highest BCUT2D eigenvalue weighted by molar-refractivity contribution is 14.1. The van der Waals surface area contributed by atoms with E-state index in [-0.39, 0.29) is 5.91 Å². The fourth-order valence-corrected chi connectivity index (χ4v) is 3.16. The Morgan fingerprint density at radius 1 is 1.21 bits per heavy atom. The molecule has 0 radical (unpaired) electrons. The second kappa shape index (κ2) is 11.1. The molecular formula is C21H24IN3O4. The summed E-state index contributed by atoms with van der Waals surface area (Å²) >= 11 is 2.27. The van der Waals surface area contributed by atoms with Crippen LogP contribution in [0.15, 0.2) is 47.6 Å². The summed E-state index contributed by atoms with van der Waals surface area (Å²) in [7, 11) is 1.60. The molecule has 1 aliphatic rings. The van der Waals surface area contributed by atoms with Gasteiger partial charge in [-0.15, -0.1) is 0 Å². The largest absolute Gasteiger partial charge is 0.493 e. The van der Waals surface area contributed by atoms with Gasteiger partial charge in [0.2, 0.25) is 0 Å². The monoisotopic (exact) mass is 509 g/mol. The van der Waals surface area contributed by atoms with Crippen molar-refractivity contribution in [3.05, 3.63) is 57.2 Å². The number of halogens is 1. The van der Waals surface area contributed by atoms with Gasteiger partial charge in [-0.3, -0.25) is 9.69 Å². The smallest absolute Gasteiger partial charge is 0.254 e. The number of rotatable bonds is 8. The molecule has 1 saturated heterocycles. The lowest BCUT2D eigenvalue weighted by Crippen LogP contribution is -2.42. The fourth-order valence-electron chi connectivity index (χ4n) is 2.80. The highest BCUT2D eigenvalue weighted by atomic mass is 127. The van der Waals surface area contributed by atoms with Crippen molar-refractivity contribution < 1.29 is 19.0 Å². The lowest BCUT2D eigenvalue weighted by Gasteiger charge is -2.25. The summed E-state index contributed by atoms with van der Waals surface area (Å²) in [6.45, 7) is 3.62. The van der Waals surface area contributed by atoms with E-state index in [0.717, 1.165) is 24.2 Å². The van der Waals surface area contributed by atoms with Gasteiger partial charge in [0.05, 0.1) is 33.1 Å². The Labute approximate surface area is 184 Å². The number of morpholine rings is 1. The first kappa shape index (κ1) is 21.5. The number of carbonyl (C=O) groups excluding carboxylic acids is 1. The number of hydrogen-bond donors (Lipinski definition) is 1. The normalized spacial score (nSPS) is 14.7. The van der Waals surface area contributed by atoms with Crippen LogP contribution < -0.4 is 14.9 Å². The number of amides is 1. The lowest BCUT2D eigenvalue weighted by atomic mass is 10.2. The summed E-state index contributed by atoms with van der Waals surface area (Å²) < 4.78 is 17.8. The molecule has 7 nitrogen and oxygen atoms in total. The minimum absolute atomic E-state index is 0.146. The Morgan fingerprint density at radius 3 is 2.69 bits per heavy atom. The number of benzene rings is 2. The van der Waals surface area contributed by atoms with E-state index in [2.05, 4.69) is 33.1 Å². The van der Waals surface area contributed by atoms with E-state index in [9.17, 15) is 4.79 Å². The number of ether oxygens (including phenoxy) is 3. The number of nitrogens with zero attached hydrogens (tertiary/aromatic N) is 2. The second-order valence-electron chi connectivity index (χ2n) is 6.51. The zero-order valence-electron chi connectivity index (χ0n) is 16.3. The summed E-state index contributed by atoms with van der Waals surface area (Å²) in [5, 5.41) is 4.03. The van der Waals surface area contributed by atoms with Gasteiger partial charge in [0.25, 0.3) is 5.91 Å². The van der Waals surface area contributed by atoms with Gasteiger partial charge >= 0.3 is 0 Å². The third kappa shape index (κ3) is 6.98. The quantitative estimate of drug-likeness (QED) is 0.337. The van der Waals surface area contributed by atoms with Crippen LogP contribution in [-0.2, 0) is 16.1 Å². The first-order valence-corrected chi connectivity index (χ1v) is 10.4. The summed E-state index contributed by atoms with van der Waals surface area (Å²) in [5.74, 6) is 1.12. The predicted molar refractivity (Wildman–Crippen MR) is 119 cm³/mol. The number of hydrazone groups is 1. The van der Waals surface area contributed by atoms with E-state index in [1.807, 2.05) is 47.4 Å². The van der Waals surface area contributed by atoms with Crippen molar-refractivity contribution >= 4 is 34.7 Å². The van der Waals surface area contributed by atoms with Crippen LogP contribution in [0, 0.1) is 3.57 Å². The molecule has 0 unspecified atom stereocenters. The molecule has 0 aromatic heterocycles. The van der Waals surface area contributed by atoms with Gasteiger partial charge in [-0.2, -0.15) is 5.10 Å². The standard InChI is InChI=1S/C21H24IN3O4/c1-27-20-12-17(13-23-24-21(26)14-25-8-10-28-11-9-25)4-7-19(20)29-15-16-2-5-18(22)6-3-16/h2-7,12-13H,8-11,14-15H2,1H3,(H,24,26)/b23-13-. The summed E-state index contributed by atoms with van der Waals surface area (Å²) in [5.41, 5.74) is 4.44. The Hall–Kier alpha value is -2.17. The first-order valence-electron chi connectivity index (χ1n) is 9.31. The van der Waals surface area contributed by atoms with Crippen molar-refractivity contribution in [2.24, 2.45) is 5.10 Å². The maximum atomic E-state index is 12.0. The summed E-state index contributed by atoms with van der Waals surface area (Å²) in [4.78, 5) is 14.0.